The van der Waals surface area contributed by atoms with E-state index in [9.17, 15) is 0 Å². The Morgan fingerprint density at radius 2 is 2.28 bits per heavy atom. The molecule has 1 aliphatic heterocycles. The van der Waals surface area contributed by atoms with Gasteiger partial charge in [-0.25, -0.2) is 0 Å². The molecule has 1 saturated heterocycles. The molecule has 25 heavy (non-hydrogen) atoms. The number of rotatable bonds is 9. The van der Waals surface area contributed by atoms with Crippen LogP contribution in [0.4, 0.5) is 0 Å². The van der Waals surface area contributed by atoms with Gasteiger partial charge in [0.05, 0.1) is 32.6 Å². The van der Waals surface area contributed by atoms with Crippen molar-refractivity contribution in [1.29, 1.82) is 0 Å². The van der Waals surface area contributed by atoms with E-state index in [2.05, 4.69) is 20.3 Å². The Balaban J connectivity index is 1.69. The van der Waals surface area contributed by atoms with Gasteiger partial charge in [0.2, 0.25) is 0 Å². The summed E-state index contributed by atoms with van der Waals surface area (Å²) in [6.07, 6.45) is 5.98. The quantitative estimate of drug-likeness (QED) is 0.402. The van der Waals surface area contributed by atoms with Crippen LogP contribution in [0.2, 0.25) is 0 Å². The normalized spacial score (nSPS) is 18.6. The highest BCUT2D eigenvalue weighted by Gasteiger charge is 2.24. The number of hydrogen-bond donors (Lipinski definition) is 1. The molecule has 0 bridgehead atoms. The fourth-order valence-corrected chi connectivity index (χ4v) is 2.76. The van der Waals surface area contributed by atoms with E-state index in [-0.39, 0.29) is 6.10 Å². The predicted molar refractivity (Wildman–Crippen MR) is 96.8 cm³/mol. The first kappa shape index (κ1) is 19.7. The molecule has 1 aromatic heterocycles. The first-order valence-electron chi connectivity index (χ1n) is 8.87. The second kappa shape index (κ2) is 11.1. The summed E-state index contributed by atoms with van der Waals surface area (Å²) < 4.78 is 18.1. The summed E-state index contributed by atoms with van der Waals surface area (Å²) in [5.41, 5.74) is 1.11. The summed E-state index contributed by atoms with van der Waals surface area (Å²) in [7, 11) is 5.43. The number of aromatic nitrogens is 2. The number of unbranched alkanes of at least 4 members (excludes halogenated alkanes) is 1. The molecule has 0 spiro atoms. The minimum absolute atomic E-state index is 0.0372. The lowest BCUT2D eigenvalue weighted by Crippen LogP contribution is -2.48. The molecule has 1 N–H and O–H groups in total. The van der Waals surface area contributed by atoms with Gasteiger partial charge in [-0.2, -0.15) is 5.10 Å². The largest absolute Gasteiger partial charge is 0.382 e. The number of ether oxygens (including phenoxy) is 3. The van der Waals surface area contributed by atoms with Gasteiger partial charge < -0.3 is 24.4 Å². The van der Waals surface area contributed by atoms with E-state index in [0.29, 0.717) is 19.8 Å². The Bertz CT molecular complexity index is 520. The van der Waals surface area contributed by atoms with Gasteiger partial charge in [-0.1, -0.05) is 0 Å². The molecule has 1 aliphatic rings. The fraction of sp³-hybridized carbons (Fsp3) is 0.765. The highest BCUT2D eigenvalue weighted by molar-refractivity contribution is 5.80. The molecule has 0 aliphatic carbocycles. The number of nitrogens with one attached hydrogen (secondary N) is 1. The minimum Gasteiger partial charge on any atom is -0.382 e. The van der Waals surface area contributed by atoms with Crippen molar-refractivity contribution in [3.05, 3.63) is 18.0 Å². The van der Waals surface area contributed by atoms with E-state index in [4.69, 9.17) is 14.2 Å². The molecule has 0 aromatic carbocycles. The van der Waals surface area contributed by atoms with E-state index in [1.54, 1.807) is 11.8 Å². The van der Waals surface area contributed by atoms with Crippen LogP contribution in [0.3, 0.4) is 0 Å². The van der Waals surface area contributed by atoms with Gasteiger partial charge >= 0.3 is 0 Å². The second-order valence-electron chi connectivity index (χ2n) is 6.04. The van der Waals surface area contributed by atoms with Gasteiger partial charge in [-0.3, -0.25) is 9.67 Å². The number of nitrogens with zero attached hydrogens (tertiary/aromatic N) is 4. The van der Waals surface area contributed by atoms with E-state index in [1.807, 2.05) is 26.5 Å². The molecule has 1 unspecified atom stereocenters. The van der Waals surface area contributed by atoms with Crippen LogP contribution in [0.5, 0.6) is 0 Å². The molecule has 2 heterocycles. The summed E-state index contributed by atoms with van der Waals surface area (Å²) in [5.74, 6) is 0.928. The third-order valence-electron chi connectivity index (χ3n) is 4.10. The van der Waals surface area contributed by atoms with Crippen LogP contribution in [0, 0.1) is 0 Å². The highest BCUT2D eigenvalue weighted by Crippen LogP contribution is 2.21. The lowest BCUT2D eigenvalue weighted by atomic mass is 10.1. The number of guanidine groups is 1. The number of aliphatic imine (C=N–C) groups is 1. The SMILES string of the molecule is CN=C(NCCCCOCCOC)N1CCOC(c2cnn(C)c2)C1. The van der Waals surface area contributed by atoms with Gasteiger partial charge in [0.15, 0.2) is 5.96 Å². The maximum absolute atomic E-state index is 5.89. The van der Waals surface area contributed by atoms with Crippen LogP contribution in [0.25, 0.3) is 0 Å². The Morgan fingerprint density at radius 1 is 1.40 bits per heavy atom. The van der Waals surface area contributed by atoms with Crippen molar-refractivity contribution in [2.75, 3.05) is 60.2 Å². The van der Waals surface area contributed by atoms with E-state index in [0.717, 1.165) is 50.6 Å². The van der Waals surface area contributed by atoms with Gasteiger partial charge in [-0.05, 0) is 12.8 Å². The first-order valence-corrected chi connectivity index (χ1v) is 8.87. The van der Waals surface area contributed by atoms with Crippen LogP contribution in [0.15, 0.2) is 17.4 Å². The van der Waals surface area contributed by atoms with E-state index < -0.39 is 0 Å². The van der Waals surface area contributed by atoms with Crippen molar-refractivity contribution in [2.45, 2.75) is 18.9 Å². The molecule has 0 radical (unpaired) electrons. The molecule has 2 rings (SSSR count). The smallest absolute Gasteiger partial charge is 0.193 e. The molecule has 1 aromatic rings. The lowest BCUT2D eigenvalue weighted by molar-refractivity contribution is -0.00803. The highest BCUT2D eigenvalue weighted by atomic mass is 16.5. The molecule has 142 valence electrons. The third kappa shape index (κ3) is 6.64. The average molecular weight is 353 g/mol. The zero-order valence-electron chi connectivity index (χ0n) is 15.6. The average Bonchev–Trinajstić information content (AvgIpc) is 3.07. The number of aryl methyl sites for hydroxylation is 1. The van der Waals surface area contributed by atoms with Crippen LogP contribution in [-0.2, 0) is 21.3 Å². The molecular weight excluding hydrogens is 322 g/mol. The van der Waals surface area contributed by atoms with Crippen LogP contribution >= 0.6 is 0 Å². The van der Waals surface area contributed by atoms with Crippen molar-refractivity contribution < 1.29 is 14.2 Å². The van der Waals surface area contributed by atoms with Crippen molar-refractivity contribution >= 4 is 5.96 Å². The molecule has 0 saturated carbocycles. The summed E-state index contributed by atoms with van der Waals surface area (Å²) in [4.78, 5) is 6.66. The van der Waals surface area contributed by atoms with Gasteiger partial charge in [0.25, 0.3) is 0 Å². The molecule has 1 fully saturated rings. The van der Waals surface area contributed by atoms with E-state index >= 15 is 0 Å². The maximum atomic E-state index is 5.89. The minimum atomic E-state index is 0.0372. The summed E-state index contributed by atoms with van der Waals surface area (Å²) >= 11 is 0. The monoisotopic (exact) mass is 353 g/mol. The molecule has 8 heteroatoms. The standard InChI is InChI=1S/C17H31N5O3/c1-18-17(19-6-4-5-8-24-11-10-23-3)22-7-9-25-16(14-22)15-12-20-21(2)13-15/h12-13,16H,4-11,14H2,1-3H3,(H,18,19). The van der Waals surface area contributed by atoms with E-state index in [1.165, 1.54) is 0 Å². The number of hydrogen-bond acceptors (Lipinski definition) is 5. The van der Waals surface area contributed by atoms with Crippen molar-refractivity contribution in [3.8, 4) is 0 Å². The maximum Gasteiger partial charge on any atom is 0.193 e. The van der Waals surface area contributed by atoms with Crippen molar-refractivity contribution in [1.82, 2.24) is 20.0 Å². The predicted octanol–water partition coefficient (Wildman–Crippen LogP) is 0.812. The summed E-state index contributed by atoms with van der Waals surface area (Å²) in [6, 6.07) is 0. The molecule has 8 nitrogen and oxygen atoms in total. The Kier molecular flexibility index (Phi) is 8.71. The van der Waals surface area contributed by atoms with Gasteiger partial charge in [-0.15, -0.1) is 0 Å². The Labute approximate surface area is 150 Å². The molecular formula is C17H31N5O3. The van der Waals surface area contributed by atoms with Crippen LogP contribution in [0.1, 0.15) is 24.5 Å². The second-order valence-corrected chi connectivity index (χ2v) is 6.04. The topological polar surface area (TPSA) is 73.1 Å². The third-order valence-corrected chi connectivity index (χ3v) is 4.10. The first-order chi connectivity index (χ1) is 12.2. The summed E-state index contributed by atoms with van der Waals surface area (Å²) in [6.45, 7) is 5.28. The Hall–Kier alpha value is -1.64. The lowest BCUT2D eigenvalue weighted by Gasteiger charge is -2.34. The van der Waals surface area contributed by atoms with Crippen LogP contribution in [-0.4, -0.2) is 80.9 Å². The van der Waals surface area contributed by atoms with Crippen molar-refractivity contribution in [2.24, 2.45) is 12.0 Å². The van der Waals surface area contributed by atoms with Crippen LogP contribution < -0.4 is 5.32 Å². The number of methoxy groups -OCH3 is 1. The van der Waals surface area contributed by atoms with Crippen molar-refractivity contribution in [3.63, 3.8) is 0 Å². The van der Waals surface area contributed by atoms with Gasteiger partial charge in [0.1, 0.15) is 6.10 Å². The number of morpholine rings is 1. The molecule has 1 atom stereocenters. The van der Waals surface area contributed by atoms with Gasteiger partial charge in [0, 0.05) is 52.7 Å². The summed E-state index contributed by atoms with van der Waals surface area (Å²) in [5, 5.41) is 7.67. The fourth-order valence-electron chi connectivity index (χ4n) is 2.76. The zero-order valence-corrected chi connectivity index (χ0v) is 15.6. The zero-order chi connectivity index (χ0) is 17.9. The Morgan fingerprint density at radius 3 is 3.00 bits per heavy atom. The molecule has 0 amide bonds.